The third-order valence-electron chi connectivity index (χ3n) is 5.18. The number of hydrogen-bond acceptors (Lipinski definition) is 4. The smallest absolute Gasteiger partial charge is 0.272 e. The van der Waals surface area contributed by atoms with Crippen LogP contribution >= 0.6 is 0 Å². The molecule has 0 bridgehead atoms. The van der Waals surface area contributed by atoms with Crippen LogP contribution in [0.25, 0.3) is 11.3 Å². The number of rotatable bonds is 6. The Labute approximate surface area is 156 Å². The van der Waals surface area contributed by atoms with Gasteiger partial charge in [-0.05, 0) is 38.0 Å². The van der Waals surface area contributed by atoms with Crippen LogP contribution in [-0.4, -0.2) is 29.6 Å². The SMILES string of the molecule is Cc1cc(-c2ccc(C)c([N+](=O)[O-])c2)n(CCO[Si](C)(C)C(C)(C)C)n1. The fraction of sp³-hybridized carbons (Fsp3) is 0.526. The van der Waals surface area contributed by atoms with Gasteiger partial charge >= 0.3 is 0 Å². The Morgan fingerprint density at radius 2 is 1.88 bits per heavy atom. The molecule has 0 spiro atoms. The molecule has 0 atom stereocenters. The van der Waals surface area contributed by atoms with E-state index in [2.05, 4.69) is 39.0 Å². The molecule has 7 heteroatoms. The Balaban J connectivity index is 2.24. The van der Waals surface area contributed by atoms with Crippen LogP contribution < -0.4 is 0 Å². The predicted octanol–water partition coefficient (Wildman–Crippen LogP) is 5.10. The van der Waals surface area contributed by atoms with Crippen molar-refractivity contribution in [2.24, 2.45) is 0 Å². The molecule has 0 fully saturated rings. The molecule has 1 aromatic carbocycles. The van der Waals surface area contributed by atoms with Gasteiger partial charge in [0, 0.05) is 17.2 Å². The van der Waals surface area contributed by atoms with E-state index in [1.807, 2.05) is 23.7 Å². The number of nitro groups is 1. The van der Waals surface area contributed by atoms with E-state index in [1.165, 1.54) is 0 Å². The summed E-state index contributed by atoms with van der Waals surface area (Å²) in [5.74, 6) is 0. The summed E-state index contributed by atoms with van der Waals surface area (Å²) in [6, 6.07) is 7.27. The summed E-state index contributed by atoms with van der Waals surface area (Å²) < 4.78 is 8.13. The van der Waals surface area contributed by atoms with Crippen molar-refractivity contribution in [3.63, 3.8) is 0 Å². The van der Waals surface area contributed by atoms with E-state index in [1.54, 1.807) is 19.1 Å². The predicted molar refractivity (Wildman–Crippen MR) is 107 cm³/mol. The van der Waals surface area contributed by atoms with Crippen LogP contribution in [0.2, 0.25) is 18.1 Å². The number of benzene rings is 1. The maximum atomic E-state index is 11.2. The van der Waals surface area contributed by atoms with Gasteiger partial charge in [-0.25, -0.2) is 0 Å². The Morgan fingerprint density at radius 3 is 2.46 bits per heavy atom. The number of aromatic nitrogens is 2. The Hall–Kier alpha value is -1.99. The molecular formula is C19H29N3O3Si. The van der Waals surface area contributed by atoms with E-state index < -0.39 is 8.32 Å². The Morgan fingerprint density at radius 1 is 1.23 bits per heavy atom. The Kier molecular flexibility index (Phi) is 5.72. The van der Waals surface area contributed by atoms with E-state index in [-0.39, 0.29) is 15.6 Å². The van der Waals surface area contributed by atoms with Crippen LogP contribution in [-0.2, 0) is 11.0 Å². The first-order valence-electron chi connectivity index (χ1n) is 8.86. The minimum Gasteiger partial charge on any atom is -0.415 e. The molecule has 0 amide bonds. The number of aryl methyl sites for hydroxylation is 2. The van der Waals surface area contributed by atoms with Gasteiger partial charge in [-0.15, -0.1) is 0 Å². The van der Waals surface area contributed by atoms with Gasteiger partial charge in [0.15, 0.2) is 8.32 Å². The quantitative estimate of drug-likeness (QED) is 0.400. The zero-order valence-corrected chi connectivity index (χ0v) is 17.8. The fourth-order valence-electron chi connectivity index (χ4n) is 2.52. The van der Waals surface area contributed by atoms with Crippen molar-refractivity contribution in [3.8, 4) is 11.3 Å². The van der Waals surface area contributed by atoms with Gasteiger partial charge in [-0.3, -0.25) is 14.8 Å². The summed E-state index contributed by atoms with van der Waals surface area (Å²) in [6.45, 7) is 16.0. The van der Waals surface area contributed by atoms with E-state index in [0.29, 0.717) is 18.7 Å². The maximum absolute atomic E-state index is 11.2. The second-order valence-corrected chi connectivity index (χ2v) is 13.1. The topological polar surface area (TPSA) is 70.2 Å². The third kappa shape index (κ3) is 4.39. The molecule has 0 unspecified atom stereocenters. The van der Waals surface area contributed by atoms with Crippen molar-refractivity contribution in [1.82, 2.24) is 9.78 Å². The van der Waals surface area contributed by atoms with Gasteiger partial charge in [-0.2, -0.15) is 5.10 Å². The first-order chi connectivity index (χ1) is 11.9. The zero-order valence-electron chi connectivity index (χ0n) is 16.8. The van der Waals surface area contributed by atoms with E-state index in [4.69, 9.17) is 4.43 Å². The molecule has 0 saturated heterocycles. The van der Waals surface area contributed by atoms with Crippen molar-refractivity contribution in [1.29, 1.82) is 0 Å². The molecule has 2 aromatic rings. The summed E-state index contributed by atoms with van der Waals surface area (Å²) >= 11 is 0. The summed E-state index contributed by atoms with van der Waals surface area (Å²) in [5.41, 5.74) is 3.35. The van der Waals surface area contributed by atoms with Gasteiger partial charge in [0.25, 0.3) is 5.69 Å². The van der Waals surface area contributed by atoms with Crippen LogP contribution in [0.1, 0.15) is 32.0 Å². The molecule has 0 N–H and O–H groups in total. The van der Waals surface area contributed by atoms with Crippen molar-refractivity contribution >= 4 is 14.0 Å². The van der Waals surface area contributed by atoms with Gasteiger partial charge < -0.3 is 4.43 Å². The van der Waals surface area contributed by atoms with Crippen LogP contribution in [0.4, 0.5) is 5.69 Å². The summed E-state index contributed by atoms with van der Waals surface area (Å²) in [5, 5.41) is 15.9. The minimum absolute atomic E-state index is 0.130. The molecule has 0 saturated carbocycles. The van der Waals surface area contributed by atoms with Crippen LogP contribution in [0, 0.1) is 24.0 Å². The maximum Gasteiger partial charge on any atom is 0.272 e. The van der Waals surface area contributed by atoms with Crippen molar-refractivity contribution in [3.05, 3.63) is 45.6 Å². The lowest BCUT2D eigenvalue weighted by atomic mass is 10.1. The molecule has 2 rings (SSSR count). The van der Waals surface area contributed by atoms with Crippen LogP contribution in [0.3, 0.4) is 0 Å². The third-order valence-corrected chi connectivity index (χ3v) is 9.71. The lowest BCUT2D eigenvalue weighted by molar-refractivity contribution is -0.385. The highest BCUT2D eigenvalue weighted by Gasteiger charge is 2.36. The highest BCUT2D eigenvalue weighted by atomic mass is 28.4. The number of nitro benzene ring substituents is 1. The molecule has 6 nitrogen and oxygen atoms in total. The minimum atomic E-state index is -1.81. The average Bonchev–Trinajstić information content (AvgIpc) is 2.87. The first-order valence-corrected chi connectivity index (χ1v) is 11.8. The number of hydrogen-bond donors (Lipinski definition) is 0. The van der Waals surface area contributed by atoms with Gasteiger partial charge in [0.1, 0.15) is 0 Å². The highest BCUT2D eigenvalue weighted by molar-refractivity contribution is 6.74. The van der Waals surface area contributed by atoms with Crippen LogP contribution in [0.5, 0.6) is 0 Å². The second kappa shape index (κ2) is 7.32. The molecule has 26 heavy (non-hydrogen) atoms. The normalized spacial score (nSPS) is 12.4. The lowest BCUT2D eigenvalue weighted by Gasteiger charge is -2.36. The summed E-state index contributed by atoms with van der Waals surface area (Å²) in [6.07, 6.45) is 0. The average molecular weight is 376 g/mol. The van der Waals surface area contributed by atoms with Crippen molar-refractivity contribution < 1.29 is 9.35 Å². The molecular weight excluding hydrogens is 346 g/mol. The molecule has 0 aliphatic rings. The molecule has 1 heterocycles. The van der Waals surface area contributed by atoms with Crippen LogP contribution in [0.15, 0.2) is 24.3 Å². The summed E-state index contributed by atoms with van der Waals surface area (Å²) in [7, 11) is -1.81. The van der Waals surface area contributed by atoms with Gasteiger partial charge in [-0.1, -0.05) is 32.9 Å². The monoisotopic (exact) mass is 375 g/mol. The largest absolute Gasteiger partial charge is 0.415 e. The van der Waals surface area contributed by atoms with E-state index in [9.17, 15) is 10.1 Å². The number of nitrogens with zero attached hydrogens (tertiary/aromatic N) is 3. The standard InChI is InChI=1S/C19H29N3O3Si/c1-14-8-9-16(13-17(14)22(23)24)18-12-15(2)20-21(18)10-11-25-26(6,7)19(3,4)5/h8-9,12-13H,10-11H2,1-7H3. The van der Waals surface area contributed by atoms with E-state index in [0.717, 1.165) is 17.0 Å². The molecule has 0 aliphatic carbocycles. The first kappa shape index (κ1) is 20.3. The van der Waals surface area contributed by atoms with E-state index >= 15 is 0 Å². The summed E-state index contributed by atoms with van der Waals surface area (Å²) in [4.78, 5) is 10.9. The molecule has 142 valence electrons. The van der Waals surface area contributed by atoms with Gasteiger partial charge in [0.2, 0.25) is 0 Å². The lowest BCUT2D eigenvalue weighted by Crippen LogP contribution is -2.41. The molecule has 0 radical (unpaired) electrons. The van der Waals surface area contributed by atoms with Crippen molar-refractivity contribution in [2.45, 2.75) is 59.3 Å². The molecule has 1 aromatic heterocycles. The zero-order chi connectivity index (χ0) is 19.7. The van der Waals surface area contributed by atoms with Crippen molar-refractivity contribution in [2.75, 3.05) is 6.61 Å². The fourth-order valence-corrected chi connectivity index (χ4v) is 3.55. The molecule has 0 aliphatic heterocycles. The van der Waals surface area contributed by atoms with Gasteiger partial charge in [0.05, 0.1) is 29.5 Å². The highest BCUT2D eigenvalue weighted by Crippen LogP contribution is 2.36. The Bertz CT molecular complexity index is 807. The second-order valence-electron chi connectivity index (χ2n) is 8.26.